The first-order chi connectivity index (χ1) is 11.0. The molecule has 3 nitrogen and oxygen atoms in total. The molecule has 0 radical (unpaired) electrons. The van der Waals surface area contributed by atoms with Gasteiger partial charge in [0.05, 0.1) is 16.8 Å². The smallest absolute Gasteiger partial charge is 0.258 e. The molecule has 0 unspecified atom stereocenters. The molecule has 2 aromatic carbocycles. The molecule has 0 saturated carbocycles. The number of fused-ring (bicyclic) bond motifs is 1. The SMILES string of the molecule is Cc1cc(C)c2nc(C)cc(NC(=O)c3ccccc3F)c2c1. The number of nitrogens with one attached hydrogen (secondary N) is 1. The van der Waals surface area contributed by atoms with Crippen LogP contribution in [0.1, 0.15) is 27.2 Å². The first-order valence-corrected chi connectivity index (χ1v) is 7.40. The third-order valence-corrected chi connectivity index (χ3v) is 3.74. The summed E-state index contributed by atoms with van der Waals surface area (Å²) in [5.74, 6) is -0.999. The number of halogens is 1. The van der Waals surface area contributed by atoms with Crippen LogP contribution in [-0.2, 0) is 0 Å². The van der Waals surface area contributed by atoms with Gasteiger partial charge in [0.25, 0.3) is 5.91 Å². The first kappa shape index (κ1) is 15.2. The maximum Gasteiger partial charge on any atom is 0.258 e. The van der Waals surface area contributed by atoms with Gasteiger partial charge in [-0.25, -0.2) is 4.39 Å². The Kier molecular flexibility index (Phi) is 3.82. The number of anilines is 1. The van der Waals surface area contributed by atoms with Crippen molar-refractivity contribution in [3.05, 3.63) is 70.7 Å². The summed E-state index contributed by atoms with van der Waals surface area (Å²) in [6.07, 6.45) is 0. The van der Waals surface area contributed by atoms with Crippen molar-refractivity contribution in [1.29, 1.82) is 0 Å². The molecule has 1 N–H and O–H groups in total. The van der Waals surface area contributed by atoms with E-state index in [0.29, 0.717) is 5.69 Å². The van der Waals surface area contributed by atoms with E-state index in [9.17, 15) is 9.18 Å². The monoisotopic (exact) mass is 308 g/mol. The summed E-state index contributed by atoms with van der Waals surface area (Å²) in [5, 5.41) is 3.68. The van der Waals surface area contributed by atoms with E-state index in [1.165, 1.54) is 12.1 Å². The molecular formula is C19H17FN2O. The number of amides is 1. The zero-order valence-electron chi connectivity index (χ0n) is 13.3. The van der Waals surface area contributed by atoms with Gasteiger partial charge in [-0.1, -0.05) is 23.8 Å². The van der Waals surface area contributed by atoms with E-state index in [4.69, 9.17) is 0 Å². The molecular weight excluding hydrogens is 291 g/mol. The minimum atomic E-state index is -0.535. The van der Waals surface area contributed by atoms with Crippen molar-refractivity contribution in [2.75, 3.05) is 5.32 Å². The van der Waals surface area contributed by atoms with Gasteiger partial charge in [-0.05, 0) is 50.6 Å². The predicted molar refractivity (Wildman–Crippen MR) is 90.3 cm³/mol. The van der Waals surface area contributed by atoms with E-state index < -0.39 is 11.7 Å². The van der Waals surface area contributed by atoms with Gasteiger partial charge < -0.3 is 5.32 Å². The number of aromatic nitrogens is 1. The van der Waals surface area contributed by atoms with Crippen molar-refractivity contribution in [3.63, 3.8) is 0 Å². The second-order valence-electron chi connectivity index (χ2n) is 5.72. The van der Waals surface area contributed by atoms with Crippen LogP contribution in [-0.4, -0.2) is 10.9 Å². The van der Waals surface area contributed by atoms with E-state index in [0.717, 1.165) is 27.7 Å². The molecule has 0 spiro atoms. The minimum absolute atomic E-state index is 0.0273. The fraction of sp³-hybridized carbons (Fsp3) is 0.158. The normalized spacial score (nSPS) is 10.8. The van der Waals surface area contributed by atoms with Crippen LogP contribution < -0.4 is 5.32 Å². The summed E-state index contributed by atoms with van der Waals surface area (Å²) in [4.78, 5) is 16.9. The average molecular weight is 308 g/mol. The molecule has 23 heavy (non-hydrogen) atoms. The van der Waals surface area contributed by atoms with Crippen molar-refractivity contribution in [2.45, 2.75) is 20.8 Å². The van der Waals surface area contributed by atoms with Crippen LogP contribution in [0.3, 0.4) is 0 Å². The van der Waals surface area contributed by atoms with Crippen LogP contribution >= 0.6 is 0 Å². The molecule has 3 aromatic rings. The lowest BCUT2D eigenvalue weighted by Gasteiger charge is -2.12. The quantitative estimate of drug-likeness (QED) is 0.754. The number of rotatable bonds is 2. The summed E-state index contributed by atoms with van der Waals surface area (Å²) in [7, 11) is 0. The highest BCUT2D eigenvalue weighted by atomic mass is 19.1. The van der Waals surface area contributed by atoms with Crippen molar-refractivity contribution in [1.82, 2.24) is 4.98 Å². The van der Waals surface area contributed by atoms with Gasteiger partial charge >= 0.3 is 0 Å². The zero-order valence-corrected chi connectivity index (χ0v) is 13.3. The van der Waals surface area contributed by atoms with E-state index in [1.807, 2.05) is 26.8 Å². The number of benzene rings is 2. The molecule has 0 aliphatic rings. The fourth-order valence-electron chi connectivity index (χ4n) is 2.75. The fourth-order valence-corrected chi connectivity index (χ4v) is 2.75. The molecule has 116 valence electrons. The molecule has 0 fully saturated rings. The third-order valence-electron chi connectivity index (χ3n) is 3.74. The minimum Gasteiger partial charge on any atom is -0.321 e. The molecule has 0 aliphatic heterocycles. The molecule has 1 amide bonds. The number of carbonyl (C=O) groups excluding carboxylic acids is 1. The van der Waals surface area contributed by atoms with E-state index in [1.54, 1.807) is 18.2 Å². The lowest BCUT2D eigenvalue weighted by molar-refractivity contribution is 0.102. The van der Waals surface area contributed by atoms with E-state index >= 15 is 0 Å². The largest absolute Gasteiger partial charge is 0.321 e. The first-order valence-electron chi connectivity index (χ1n) is 7.40. The van der Waals surface area contributed by atoms with Crippen molar-refractivity contribution < 1.29 is 9.18 Å². The number of hydrogen-bond donors (Lipinski definition) is 1. The standard InChI is InChI=1S/C19H17FN2O/c1-11-8-12(2)18-15(9-11)17(10-13(3)21-18)22-19(23)14-6-4-5-7-16(14)20/h4-10H,1-3H3,(H,21,22,23). The Hall–Kier alpha value is -2.75. The number of nitrogens with zero attached hydrogens (tertiary/aromatic N) is 1. The summed E-state index contributed by atoms with van der Waals surface area (Å²) in [5.41, 5.74) is 4.45. The van der Waals surface area contributed by atoms with Crippen LogP contribution in [0.5, 0.6) is 0 Å². The molecule has 3 rings (SSSR count). The van der Waals surface area contributed by atoms with Crippen LogP contribution in [0.4, 0.5) is 10.1 Å². The zero-order chi connectivity index (χ0) is 16.6. The Morgan fingerprint density at radius 1 is 1.09 bits per heavy atom. The summed E-state index contributed by atoms with van der Waals surface area (Å²) >= 11 is 0. The summed E-state index contributed by atoms with van der Waals surface area (Å²) < 4.78 is 13.8. The average Bonchev–Trinajstić information content (AvgIpc) is 2.49. The number of hydrogen-bond acceptors (Lipinski definition) is 2. The van der Waals surface area contributed by atoms with Gasteiger partial charge in [-0.2, -0.15) is 0 Å². The Bertz CT molecular complexity index is 919. The molecule has 1 aromatic heterocycles. The number of aryl methyl sites for hydroxylation is 3. The highest BCUT2D eigenvalue weighted by Crippen LogP contribution is 2.27. The Morgan fingerprint density at radius 3 is 2.57 bits per heavy atom. The topological polar surface area (TPSA) is 42.0 Å². The van der Waals surface area contributed by atoms with Gasteiger partial charge in [0, 0.05) is 11.1 Å². The van der Waals surface area contributed by atoms with Gasteiger partial charge in [-0.15, -0.1) is 0 Å². The summed E-state index contributed by atoms with van der Waals surface area (Å²) in [6, 6.07) is 11.8. The predicted octanol–water partition coefficient (Wildman–Crippen LogP) is 4.55. The van der Waals surface area contributed by atoms with Crippen LogP contribution in [0.25, 0.3) is 10.9 Å². The lowest BCUT2D eigenvalue weighted by atomic mass is 10.0. The molecule has 1 heterocycles. The lowest BCUT2D eigenvalue weighted by Crippen LogP contribution is -2.14. The Morgan fingerprint density at radius 2 is 1.83 bits per heavy atom. The van der Waals surface area contributed by atoms with Crippen molar-refractivity contribution in [3.8, 4) is 0 Å². The summed E-state index contributed by atoms with van der Waals surface area (Å²) in [6.45, 7) is 5.86. The van der Waals surface area contributed by atoms with Crippen LogP contribution in [0.2, 0.25) is 0 Å². The molecule has 0 aliphatic carbocycles. The second kappa shape index (κ2) is 5.80. The maximum absolute atomic E-state index is 13.8. The molecule has 4 heteroatoms. The van der Waals surface area contributed by atoms with Gasteiger partial charge in [-0.3, -0.25) is 9.78 Å². The highest BCUT2D eigenvalue weighted by molar-refractivity contribution is 6.09. The highest BCUT2D eigenvalue weighted by Gasteiger charge is 2.14. The van der Waals surface area contributed by atoms with Gasteiger partial charge in [0.2, 0.25) is 0 Å². The number of pyridine rings is 1. The number of carbonyl (C=O) groups is 1. The Labute approximate surface area is 134 Å². The van der Waals surface area contributed by atoms with Gasteiger partial charge in [0.1, 0.15) is 5.82 Å². The maximum atomic E-state index is 13.8. The Balaban J connectivity index is 2.10. The van der Waals surface area contributed by atoms with E-state index in [2.05, 4.69) is 16.4 Å². The third kappa shape index (κ3) is 2.93. The van der Waals surface area contributed by atoms with Crippen molar-refractivity contribution >= 4 is 22.5 Å². The van der Waals surface area contributed by atoms with Crippen molar-refractivity contribution in [2.24, 2.45) is 0 Å². The van der Waals surface area contributed by atoms with Crippen LogP contribution in [0, 0.1) is 26.6 Å². The molecule has 0 bridgehead atoms. The van der Waals surface area contributed by atoms with Crippen LogP contribution in [0.15, 0.2) is 42.5 Å². The van der Waals surface area contributed by atoms with Gasteiger partial charge in [0.15, 0.2) is 0 Å². The molecule has 0 atom stereocenters. The second-order valence-corrected chi connectivity index (χ2v) is 5.72. The van der Waals surface area contributed by atoms with E-state index in [-0.39, 0.29) is 5.56 Å². The molecule has 0 saturated heterocycles.